The van der Waals surface area contributed by atoms with Gasteiger partial charge in [0.05, 0.1) is 12.2 Å². The van der Waals surface area contributed by atoms with Crippen molar-refractivity contribution in [3.63, 3.8) is 0 Å². The summed E-state index contributed by atoms with van der Waals surface area (Å²) in [6.45, 7) is 1.27. The third kappa shape index (κ3) is 2.47. The first-order chi connectivity index (χ1) is 6.27. The summed E-state index contributed by atoms with van der Waals surface area (Å²) < 4.78 is 16.7. The van der Waals surface area contributed by atoms with E-state index in [1.54, 1.807) is 6.92 Å². The molecule has 4 nitrogen and oxygen atoms in total. The zero-order valence-electron chi connectivity index (χ0n) is 7.16. The van der Waals surface area contributed by atoms with Crippen LogP contribution < -0.4 is 0 Å². The number of esters is 1. The Morgan fingerprint density at radius 1 is 1.54 bits per heavy atom. The van der Waals surface area contributed by atoms with Crippen LogP contribution in [0.5, 0.6) is 0 Å². The predicted octanol–water partition coefficient (Wildman–Crippen LogP) is 1.12. The van der Waals surface area contributed by atoms with Gasteiger partial charge in [-0.25, -0.2) is 19.2 Å². The Balaban J connectivity index is 2.74. The molecule has 0 atom stereocenters. The third-order valence-corrected chi connectivity index (χ3v) is 1.34. The Hall–Kier alpha value is -1.52. The Kier molecular flexibility index (Phi) is 3.31. The van der Waals surface area contributed by atoms with Crippen molar-refractivity contribution < 1.29 is 13.9 Å². The minimum atomic E-state index is -0.733. The Labute approximate surface area is 74.8 Å². The van der Waals surface area contributed by atoms with Gasteiger partial charge in [0.25, 0.3) is 0 Å². The average Bonchev–Trinajstić information content (AvgIpc) is 2.18. The van der Waals surface area contributed by atoms with Crippen molar-refractivity contribution in [3.8, 4) is 0 Å². The predicted molar refractivity (Wildman–Crippen MR) is 42.8 cm³/mol. The van der Waals surface area contributed by atoms with E-state index in [4.69, 9.17) is 0 Å². The van der Waals surface area contributed by atoms with Crippen molar-refractivity contribution >= 4 is 5.97 Å². The molecule has 0 fully saturated rings. The lowest BCUT2D eigenvalue weighted by Crippen LogP contribution is -2.06. The lowest BCUT2D eigenvalue weighted by molar-refractivity contribution is 0.0525. The van der Waals surface area contributed by atoms with Gasteiger partial charge in [-0.1, -0.05) is 0 Å². The SMILES string of the molecule is CCOC(=O)c1cnc(CF)nc1. The first-order valence-electron chi connectivity index (χ1n) is 3.82. The summed E-state index contributed by atoms with van der Waals surface area (Å²) in [4.78, 5) is 18.3. The minimum Gasteiger partial charge on any atom is -0.462 e. The molecular weight excluding hydrogens is 175 g/mol. The van der Waals surface area contributed by atoms with Gasteiger partial charge >= 0.3 is 5.97 Å². The number of halogens is 1. The molecule has 1 aromatic heterocycles. The van der Waals surface area contributed by atoms with E-state index in [0.717, 1.165) is 0 Å². The maximum Gasteiger partial charge on any atom is 0.341 e. The fraction of sp³-hybridized carbons (Fsp3) is 0.375. The van der Waals surface area contributed by atoms with Crippen LogP contribution in [0.2, 0.25) is 0 Å². The van der Waals surface area contributed by atoms with Crippen LogP contribution in [-0.2, 0) is 11.4 Å². The van der Waals surface area contributed by atoms with Crippen LogP contribution in [0.1, 0.15) is 23.1 Å². The minimum absolute atomic E-state index is 0.0630. The van der Waals surface area contributed by atoms with Crippen molar-refractivity contribution in [2.24, 2.45) is 0 Å². The molecule has 0 aromatic carbocycles. The van der Waals surface area contributed by atoms with E-state index >= 15 is 0 Å². The first kappa shape index (κ1) is 9.57. The highest BCUT2D eigenvalue weighted by Crippen LogP contribution is 1.99. The van der Waals surface area contributed by atoms with Gasteiger partial charge in [0, 0.05) is 12.4 Å². The zero-order valence-corrected chi connectivity index (χ0v) is 7.16. The van der Waals surface area contributed by atoms with E-state index < -0.39 is 12.6 Å². The molecule has 0 aliphatic heterocycles. The molecule has 1 rings (SSSR count). The second-order valence-electron chi connectivity index (χ2n) is 2.24. The molecule has 1 aromatic rings. The molecule has 0 saturated carbocycles. The molecule has 0 aliphatic carbocycles. The number of carbonyl (C=O) groups excluding carboxylic acids is 1. The Bertz CT molecular complexity index is 287. The molecule has 5 heteroatoms. The van der Waals surface area contributed by atoms with E-state index in [0.29, 0.717) is 6.61 Å². The van der Waals surface area contributed by atoms with Gasteiger partial charge in [0.1, 0.15) is 6.67 Å². The molecule has 0 radical (unpaired) electrons. The maximum absolute atomic E-state index is 12.0. The Morgan fingerprint density at radius 2 is 2.15 bits per heavy atom. The Morgan fingerprint density at radius 3 is 2.62 bits per heavy atom. The molecule has 0 unspecified atom stereocenters. The number of aromatic nitrogens is 2. The van der Waals surface area contributed by atoms with Gasteiger partial charge in [-0.3, -0.25) is 0 Å². The first-order valence-corrected chi connectivity index (χ1v) is 3.82. The summed E-state index contributed by atoms with van der Waals surface area (Å²) >= 11 is 0. The van der Waals surface area contributed by atoms with Crippen LogP contribution in [-0.4, -0.2) is 22.5 Å². The summed E-state index contributed by atoms with van der Waals surface area (Å²) in [6.07, 6.45) is 2.50. The molecule has 0 aliphatic rings. The normalized spacial score (nSPS) is 9.69. The van der Waals surface area contributed by atoms with Crippen LogP contribution in [0.4, 0.5) is 4.39 Å². The van der Waals surface area contributed by atoms with Gasteiger partial charge in [0.2, 0.25) is 0 Å². The summed E-state index contributed by atoms with van der Waals surface area (Å²) in [5.74, 6) is -0.430. The lowest BCUT2D eigenvalue weighted by atomic mass is 10.3. The molecule has 13 heavy (non-hydrogen) atoms. The zero-order chi connectivity index (χ0) is 9.68. The number of rotatable bonds is 3. The average molecular weight is 184 g/mol. The van der Waals surface area contributed by atoms with Crippen molar-refractivity contribution in [2.75, 3.05) is 6.61 Å². The molecule has 0 amide bonds. The monoisotopic (exact) mass is 184 g/mol. The summed E-state index contributed by atoms with van der Waals surface area (Å²) in [5.41, 5.74) is 0.235. The van der Waals surface area contributed by atoms with E-state index in [1.807, 2.05) is 0 Å². The standard InChI is InChI=1S/C8H9FN2O2/c1-2-13-8(12)6-4-10-7(3-9)11-5-6/h4-5H,2-3H2,1H3. The highest BCUT2D eigenvalue weighted by Gasteiger charge is 2.06. The smallest absolute Gasteiger partial charge is 0.341 e. The molecule has 70 valence electrons. The van der Waals surface area contributed by atoms with Crippen molar-refractivity contribution in [1.29, 1.82) is 0 Å². The highest BCUT2D eigenvalue weighted by atomic mass is 19.1. The topological polar surface area (TPSA) is 52.1 Å². The summed E-state index contributed by atoms with van der Waals surface area (Å²) in [6, 6.07) is 0. The number of nitrogens with zero attached hydrogens (tertiary/aromatic N) is 2. The number of hydrogen-bond acceptors (Lipinski definition) is 4. The van der Waals surface area contributed by atoms with Crippen LogP contribution in [0.3, 0.4) is 0 Å². The van der Waals surface area contributed by atoms with E-state index in [1.165, 1.54) is 12.4 Å². The molecule has 1 heterocycles. The molecular formula is C8H9FN2O2. The second kappa shape index (κ2) is 4.49. The number of ether oxygens (including phenoxy) is 1. The molecule has 0 spiro atoms. The van der Waals surface area contributed by atoms with Crippen molar-refractivity contribution in [2.45, 2.75) is 13.6 Å². The van der Waals surface area contributed by atoms with Gasteiger partial charge in [-0.2, -0.15) is 0 Å². The third-order valence-electron chi connectivity index (χ3n) is 1.34. The maximum atomic E-state index is 12.0. The van der Waals surface area contributed by atoms with E-state index in [2.05, 4.69) is 14.7 Å². The van der Waals surface area contributed by atoms with Gasteiger partial charge in [-0.15, -0.1) is 0 Å². The van der Waals surface area contributed by atoms with E-state index in [-0.39, 0.29) is 11.4 Å². The van der Waals surface area contributed by atoms with Crippen molar-refractivity contribution in [3.05, 3.63) is 23.8 Å². The molecule has 0 bridgehead atoms. The van der Waals surface area contributed by atoms with Gasteiger partial charge in [0.15, 0.2) is 5.82 Å². The lowest BCUT2D eigenvalue weighted by Gasteiger charge is -2.00. The fourth-order valence-corrected chi connectivity index (χ4v) is 0.744. The van der Waals surface area contributed by atoms with Gasteiger partial charge < -0.3 is 4.74 Å². The highest BCUT2D eigenvalue weighted by molar-refractivity contribution is 5.88. The summed E-state index contributed by atoms with van der Waals surface area (Å²) in [7, 11) is 0. The van der Waals surface area contributed by atoms with Crippen LogP contribution >= 0.6 is 0 Å². The number of alkyl halides is 1. The molecule has 0 N–H and O–H groups in total. The van der Waals surface area contributed by atoms with Crippen LogP contribution in [0.25, 0.3) is 0 Å². The largest absolute Gasteiger partial charge is 0.462 e. The van der Waals surface area contributed by atoms with Crippen molar-refractivity contribution in [1.82, 2.24) is 9.97 Å². The van der Waals surface area contributed by atoms with Gasteiger partial charge in [-0.05, 0) is 6.92 Å². The molecule has 0 saturated heterocycles. The van der Waals surface area contributed by atoms with Crippen LogP contribution in [0, 0.1) is 0 Å². The quantitative estimate of drug-likeness (QED) is 0.660. The second-order valence-corrected chi connectivity index (χ2v) is 2.24. The van der Waals surface area contributed by atoms with E-state index in [9.17, 15) is 9.18 Å². The van der Waals surface area contributed by atoms with Crippen LogP contribution in [0.15, 0.2) is 12.4 Å². The summed E-state index contributed by atoms with van der Waals surface area (Å²) in [5, 5.41) is 0. The number of hydrogen-bond donors (Lipinski definition) is 0. The number of carbonyl (C=O) groups is 1. The fourth-order valence-electron chi connectivity index (χ4n) is 0.744.